The lowest BCUT2D eigenvalue weighted by Crippen LogP contribution is -2.37. The van der Waals surface area contributed by atoms with Crippen molar-refractivity contribution >= 4 is 5.82 Å². The first-order chi connectivity index (χ1) is 9.24. The molecule has 114 valence electrons. The highest BCUT2D eigenvalue weighted by Gasteiger charge is 2.17. The van der Waals surface area contributed by atoms with E-state index in [4.69, 9.17) is 4.74 Å². The summed E-state index contributed by atoms with van der Waals surface area (Å²) in [6.07, 6.45) is 1.26. The van der Waals surface area contributed by atoms with Gasteiger partial charge in [-0.15, -0.1) is 0 Å². The quantitative estimate of drug-likeness (QED) is 0.871. The molecule has 20 heavy (non-hydrogen) atoms. The minimum absolute atomic E-state index is 0.0275. The Kier molecular flexibility index (Phi) is 5.89. The van der Waals surface area contributed by atoms with Crippen LogP contribution in [0.25, 0.3) is 0 Å². The predicted octanol–water partition coefficient (Wildman–Crippen LogP) is 2.58. The van der Waals surface area contributed by atoms with Crippen LogP contribution in [0.15, 0.2) is 12.3 Å². The van der Waals surface area contributed by atoms with E-state index >= 15 is 0 Å². The highest BCUT2D eigenvalue weighted by atomic mass is 19.1. The normalized spacial score (nSPS) is 13.3. The van der Waals surface area contributed by atoms with Crippen LogP contribution in [0.3, 0.4) is 0 Å². The van der Waals surface area contributed by atoms with Crippen LogP contribution in [0.4, 0.5) is 10.2 Å². The second-order valence-electron chi connectivity index (χ2n) is 6.16. The summed E-state index contributed by atoms with van der Waals surface area (Å²) in [6.45, 7) is 9.47. The van der Waals surface area contributed by atoms with Crippen molar-refractivity contribution in [3.05, 3.63) is 23.6 Å². The monoisotopic (exact) mass is 283 g/mol. The Morgan fingerprint density at radius 1 is 1.45 bits per heavy atom. The van der Waals surface area contributed by atoms with Gasteiger partial charge in [-0.3, -0.25) is 0 Å². The van der Waals surface area contributed by atoms with Crippen LogP contribution in [0.1, 0.15) is 33.3 Å². The second kappa shape index (κ2) is 6.99. The van der Waals surface area contributed by atoms with Gasteiger partial charge in [0.1, 0.15) is 11.6 Å². The number of ether oxygens (including phenoxy) is 1. The fourth-order valence-electron chi connectivity index (χ4n) is 1.84. The maximum atomic E-state index is 13.4. The van der Waals surface area contributed by atoms with Crippen LogP contribution in [0.2, 0.25) is 0 Å². The third-order valence-electron chi connectivity index (χ3n) is 3.12. The first kappa shape index (κ1) is 16.9. The van der Waals surface area contributed by atoms with E-state index in [1.165, 1.54) is 12.3 Å². The highest BCUT2D eigenvalue weighted by Crippen LogP contribution is 2.20. The summed E-state index contributed by atoms with van der Waals surface area (Å²) in [4.78, 5) is 6.25. The molecule has 1 aromatic heterocycles. The fraction of sp³-hybridized carbons (Fsp3) is 0.667. The summed E-state index contributed by atoms with van der Waals surface area (Å²) in [5, 5.41) is 3.37. The zero-order valence-electron chi connectivity index (χ0n) is 13.3. The number of anilines is 1. The molecule has 0 bridgehead atoms. The van der Waals surface area contributed by atoms with Crippen molar-refractivity contribution in [2.45, 2.75) is 45.8 Å². The van der Waals surface area contributed by atoms with E-state index in [1.807, 2.05) is 11.9 Å². The van der Waals surface area contributed by atoms with Gasteiger partial charge in [0.15, 0.2) is 0 Å². The lowest BCUT2D eigenvalue weighted by molar-refractivity contribution is 0.183. The first-order valence-electron chi connectivity index (χ1n) is 6.86. The molecule has 1 heterocycles. The smallest absolute Gasteiger partial charge is 0.141 e. The van der Waals surface area contributed by atoms with Gasteiger partial charge in [-0.25, -0.2) is 9.37 Å². The molecule has 0 spiro atoms. The summed E-state index contributed by atoms with van der Waals surface area (Å²) >= 11 is 0. The van der Waals surface area contributed by atoms with E-state index in [0.717, 1.165) is 11.4 Å². The summed E-state index contributed by atoms with van der Waals surface area (Å²) in [7, 11) is 3.62. The number of nitrogens with one attached hydrogen (secondary N) is 1. The van der Waals surface area contributed by atoms with Crippen molar-refractivity contribution in [1.82, 2.24) is 10.3 Å². The maximum absolute atomic E-state index is 13.4. The molecule has 1 N–H and O–H groups in total. The standard InChI is InChI=1S/C15H26FN3O/c1-11(10-20-6)19(5)14-12(7-13(16)9-17-14)8-18-15(2,3)4/h7,9,11,18H,8,10H2,1-6H3. The van der Waals surface area contributed by atoms with Gasteiger partial charge in [0.25, 0.3) is 0 Å². The Morgan fingerprint density at radius 3 is 2.65 bits per heavy atom. The topological polar surface area (TPSA) is 37.4 Å². The lowest BCUT2D eigenvalue weighted by atomic mass is 10.1. The van der Waals surface area contributed by atoms with Crippen LogP contribution in [-0.4, -0.2) is 37.3 Å². The molecule has 1 atom stereocenters. The molecular weight excluding hydrogens is 257 g/mol. The van der Waals surface area contributed by atoms with E-state index in [1.54, 1.807) is 7.11 Å². The molecule has 0 saturated heterocycles. The number of methoxy groups -OCH3 is 1. The minimum Gasteiger partial charge on any atom is -0.383 e. The number of hydrogen-bond donors (Lipinski definition) is 1. The number of pyridine rings is 1. The van der Waals surface area contributed by atoms with Crippen LogP contribution < -0.4 is 10.2 Å². The Morgan fingerprint density at radius 2 is 2.10 bits per heavy atom. The zero-order valence-corrected chi connectivity index (χ0v) is 13.3. The summed E-state index contributed by atoms with van der Waals surface area (Å²) in [5.41, 5.74) is 0.825. The van der Waals surface area contributed by atoms with E-state index in [9.17, 15) is 4.39 Å². The summed E-state index contributed by atoms with van der Waals surface area (Å²) in [6, 6.07) is 1.71. The SMILES string of the molecule is COCC(C)N(C)c1ncc(F)cc1CNC(C)(C)C. The number of likely N-dealkylation sites (N-methyl/N-ethyl adjacent to an activating group) is 1. The van der Waals surface area contributed by atoms with Crippen LogP contribution >= 0.6 is 0 Å². The molecule has 1 aromatic rings. The molecule has 0 amide bonds. The van der Waals surface area contributed by atoms with Gasteiger partial charge >= 0.3 is 0 Å². The number of aromatic nitrogens is 1. The molecule has 5 heteroatoms. The van der Waals surface area contributed by atoms with E-state index < -0.39 is 0 Å². The number of hydrogen-bond acceptors (Lipinski definition) is 4. The van der Waals surface area contributed by atoms with Gasteiger partial charge in [0, 0.05) is 31.8 Å². The third kappa shape index (κ3) is 5.06. The average molecular weight is 283 g/mol. The van der Waals surface area contributed by atoms with Crippen LogP contribution in [0.5, 0.6) is 0 Å². The van der Waals surface area contributed by atoms with Crippen molar-refractivity contribution < 1.29 is 9.13 Å². The third-order valence-corrected chi connectivity index (χ3v) is 3.12. The minimum atomic E-state index is -0.313. The molecule has 0 aliphatic rings. The van der Waals surface area contributed by atoms with Crippen molar-refractivity contribution in [3.63, 3.8) is 0 Å². The van der Waals surface area contributed by atoms with E-state index in [-0.39, 0.29) is 17.4 Å². The molecule has 4 nitrogen and oxygen atoms in total. The highest BCUT2D eigenvalue weighted by molar-refractivity contribution is 5.47. The van der Waals surface area contributed by atoms with Crippen molar-refractivity contribution in [3.8, 4) is 0 Å². The fourth-order valence-corrected chi connectivity index (χ4v) is 1.84. The number of rotatable bonds is 6. The largest absolute Gasteiger partial charge is 0.383 e. The molecule has 0 aliphatic carbocycles. The maximum Gasteiger partial charge on any atom is 0.141 e. The summed E-state index contributed by atoms with van der Waals surface area (Å²) in [5.74, 6) is 0.472. The Labute approximate surface area is 121 Å². The molecule has 0 fully saturated rings. The van der Waals surface area contributed by atoms with Gasteiger partial charge in [0.05, 0.1) is 18.8 Å². The first-order valence-corrected chi connectivity index (χ1v) is 6.86. The predicted molar refractivity (Wildman–Crippen MR) is 80.5 cm³/mol. The molecule has 0 saturated carbocycles. The second-order valence-corrected chi connectivity index (χ2v) is 6.16. The van der Waals surface area contributed by atoms with Crippen molar-refractivity contribution in [2.75, 3.05) is 25.7 Å². The molecule has 1 unspecified atom stereocenters. The van der Waals surface area contributed by atoms with Crippen LogP contribution in [-0.2, 0) is 11.3 Å². The zero-order chi connectivity index (χ0) is 15.3. The molecule has 0 radical (unpaired) electrons. The van der Waals surface area contributed by atoms with Gasteiger partial charge in [-0.05, 0) is 33.8 Å². The van der Waals surface area contributed by atoms with E-state index in [0.29, 0.717) is 13.2 Å². The molecular formula is C15H26FN3O. The Hall–Kier alpha value is -1.20. The Bertz CT molecular complexity index is 432. The molecule has 0 aromatic carbocycles. The van der Waals surface area contributed by atoms with Gasteiger partial charge < -0.3 is 15.0 Å². The Balaban J connectivity index is 2.94. The van der Waals surface area contributed by atoms with Gasteiger partial charge in [-0.1, -0.05) is 0 Å². The average Bonchev–Trinajstić information content (AvgIpc) is 2.35. The number of halogens is 1. The van der Waals surface area contributed by atoms with Gasteiger partial charge in [-0.2, -0.15) is 0 Å². The van der Waals surface area contributed by atoms with Crippen molar-refractivity contribution in [2.24, 2.45) is 0 Å². The van der Waals surface area contributed by atoms with Crippen molar-refractivity contribution in [1.29, 1.82) is 0 Å². The van der Waals surface area contributed by atoms with Gasteiger partial charge in [0.2, 0.25) is 0 Å². The summed E-state index contributed by atoms with van der Waals surface area (Å²) < 4.78 is 18.6. The number of nitrogens with zero attached hydrogens (tertiary/aromatic N) is 2. The van der Waals surface area contributed by atoms with Crippen LogP contribution in [0, 0.1) is 5.82 Å². The molecule has 1 rings (SSSR count). The molecule has 0 aliphatic heterocycles. The van der Waals surface area contributed by atoms with E-state index in [2.05, 4.69) is 38.0 Å². The lowest BCUT2D eigenvalue weighted by Gasteiger charge is -2.28.